The predicted molar refractivity (Wildman–Crippen MR) is 78.1 cm³/mol. The maximum Gasteiger partial charge on any atom is 0.273 e. The SMILES string of the molecule is COc1ccc([N+](=O)[O-])cc1OCc1cc(Br)ccc1F. The van der Waals surface area contributed by atoms with Gasteiger partial charge in [-0.05, 0) is 24.3 Å². The molecule has 0 unspecified atom stereocenters. The predicted octanol–water partition coefficient (Wildman–Crippen LogP) is 4.08. The minimum Gasteiger partial charge on any atom is -0.493 e. The summed E-state index contributed by atoms with van der Waals surface area (Å²) in [4.78, 5) is 10.2. The topological polar surface area (TPSA) is 61.6 Å². The summed E-state index contributed by atoms with van der Waals surface area (Å²) in [5.41, 5.74) is 0.207. The Hall–Kier alpha value is -2.15. The molecule has 0 N–H and O–H groups in total. The van der Waals surface area contributed by atoms with E-state index in [1.807, 2.05) is 0 Å². The fraction of sp³-hybridized carbons (Fsp3) is 0.143. The number of rotatable bonds is 5. The molecule has 21 heavy (non-hydrogen) atoms. The van der Waals surface area contributed by atoms with Crippen molar-refractivity contribution in [1.82, 2.24) is 0 Å². The van der Waals surface area contributed by atoms with Gasteiger partial charge in [0.05, 0.1) is 18.1 Å². The molecule has 2 rings (SSSR count). The zero-order chi connectivity index (χ0) is 15.4. The molecule has 0 heterocycles. The molecule has 0 bridgehead atoms. The van der Waals surface area contributed by atoms with E-state index in [1.54, 1.807) is 12.1 Å². The lowest BCUT2D eigenvalue weighted by molar-refractivity contribution is -0.385. The molecule has 0 radical (unpaired) electrons. The van der Waals surface area contributed by atoms with Gasteiger partial charge in [0.25, 0.3) is 5.69 Å². The Bertz CT molecular complexity index is 678. The van der Waals surface area contributed by atoms with Crippen LogP contribution in [-0.4, -0.2) is 12.0 Å². The zero-order valence-electron chi connectivity index (χ0n) is 11.0. The molecule has 0 aliphatic heterocycles. The van der Waals surface area contributed by atoms with Gasteiger partial charge in [0.1, 0.15) is 12.4 Å². The van der Waals surface area contributed by atoms with Gasteiger partial charge in [0, 0.05) is 16.1 Å². The van der Waals surface area contributed by atoms with Crippen LogP contribution >= 0.6 is 15.9 Å². The molecule has 5 nitrogen and oxygen atoms in total. The minimum atomic E-state index is -0.536. The van der Waals surface area contributed by atoms with E-state index >= 15 is 0 Å². The van der Waals surface area contributed by atoms with Crippen molar-refractivity contribution in [2.45, 2.75) is 6.61 Å². The third-order valence-electron chi connectivity index (χ3n) is 2.75. The molecule has 7 heteroatoms. The highest BCUT2D eigenvalue weighted by Crippen LogP contribution is 2.32. The highest BCUT2D eigenvalue weighted by molar-refractivity contribution is 9.10. The molecule has 0 amide bonds. The van der Waals surface area contributed by atoms with Crippen molar-refractivity contribution in [1.29, 1.82) is 0 Å². The number of non-ortho nitro benzene ring substituents is 1. The van der Waals surface area contributed by atoms with Gasteiger partial charge in [-0.1, -0.05) is 15.9 Å². The summed E-state index contributed by atoms with van der Waals surface area (Å²) in [5, 5.41) is 10.8. The van der Waals surface area contributed by atoms with Crippen molar-refractivity contribution in [2.24, 2.45) is 0 Å². The molecule has 0 atom stereocenters. The Balaban J connectivity index is 2.24. The van der Waals surface area contributed by atoms with E-state index in [0.717, 1.165) is 0 Å². The maximum atomic E-state index is 13.6. The second-order valence-corrected chi connectivity index (χ2v) is 5.03. The lowest BCUT2D eigenvalue weighted by Gasteiger charge is -2.11. The number of nitro groups is 1. The second kappa shape index (κ2) is 6.53. The van der Waals surface area contributed by atoms with Crippen LogP contribution in [0.25, 0.3) is 0 Å². The van der Waals surface area contributed by atoms with E-state index in [-0.39, 0.29) is 18.0 Å². The van der Waals surface area contributed by atoms with E-state index < -0.39 is 10.7 Å². The summed E-state index contributed by atoms with van der Waals surface area (Å²) in [7, 11) is 1.42. The molecule has 0 fully saturated rings. The average molecular weight is 356 g/mol. The van der Waals surface area contributed by atoms with Gasteiger partial charge in [0.15, 0.2) is 11.5 Å². The Morgan fingerprint density at radius 3 is 2.67 bits per heavy atom. The number of hydrogen-bond donors (Lipinski definition) is 0. The van der Waals surface area contributed by atoms with E-state index in [2.05, 4.69) is 15.9 Å². The molecule has 2 aromatic rings. The van der Waals surface area contributed by atoms with Crippen molar-refractivity contribution in [2.75, 3.05) is 7.11 Å². The van der Waals surface area contributed by atoms with Gasteiger partial charge in [0.2, 0.25) is 0 Å². The first-order valence-electron chi connectivity index (χ1n) is 5.90. The molecule has 0 aromatic heterocycles. The quantitative estimate of drug-likeness (QED) is 0.598. The van der Waals surface area contributed by atoms with Gasteiger partial charge in [-0.15, -0.1) is 0 Å². The molecule has 0 aliphatic carbocycles. The first-order chi connectivity index (χ1) is 10.0. The van der Waals surface area contributed by atoms with Crippen LogP contribution in [0.15, 0.2) is 40.9 Å². The molecular formula is C14H11BrFNO4. The van der Waals surface area contributed by atoms with Gasteiger partial charge >= 0.3 is 0 Å². The molecular weight excluding hydrogens is 345 g/mol. The van der Waals surface area contributed by atoms with E-state index in [0.29, 0.717) is 15.8 Å². The highest BCUT2D eigenvalue weighted by atomic mass is 79.9. The summed E-state index contributed by atoms with van der Waals surface area (Å²) in [5.74, 6) is 0.115. The summed E-state index contributed by atoms with van der Waals surface area (Å²) in [6.45, 7) is -0.0667. The number of methoxy groups -OCH3 is 1. The van der Waals surface area contributed by atoms with Crippen LogP contribution in [0.2, 0.25) is 0 Å². The second-order valence-electron chi connectivity index (χ2n) is 4.12. The first-order valence-corrected chi connectivity index (χ1v) is 6.69. The normalized spacial score (nSPS) is 10.2. The summed E-state index contributed by atoms with van der Waals surface area (Å²) in [6, 6.07) is 8.46. The van der Waals surface area contributed by atoms with Gasteiger partial charge in [-0.2, -0.15) is 0 Å². The van der Waals surface area contributed by atoms with Gasteiger partial charge in [-0.25, -0.2) is 4.39 Å². The fourth-order valence-electron chi connectivity index (χ4n) is 1.70. The Morgan fingerprint density at radius 2 is 2.00 bits per heavy atom. The van der Waals surface area contributed by atoms with E-state index in [9.17, 15) is 14.5 Å². The summed E-state index contributed by atoms with van der Waals surface area (Å²) >= 11 is 3.25. The molecule has 0 saturated carbocycles. The van der Waals surface area contributed by atoms with E-state index in [4.69, 9.17) is 9.47 Å². The maximum absolute atomic E-state index is 13.6. The van der Waals surface area contributed by atoms with E-state index in [1.165, 1.54) is 31.4 Å². The number of benzene rings is 2. The lowest BCUT2D eigenvalue weighted by atomic mass is 10.2. The van der Waals surface area contributed by atoms with Crippen molar-refractivity contribution >= 4 is 21.6 Å². The highest BCUT2D eigenvalue weighted by Gasteiger charge is 2.13. The Labute approximate surface area is 128 Å². The molecule has 2 aromatic carbocycles. The van der Waals surface area contributed by atoms with Crippen molar-refractivity contribution in [3.63, 3.8) is 0 Å². The minimum absolute atomic E-state index is 0.0667. The van der Waals surface area contributed by atoms with Crippen LogP contribution in [0, 0.1) is 15.9 Å². The van der Waals surface area contributed by atoms with Crippen LogP contribution in [0.3, 0.4) is 0 Å². The van der Waals surface area contributed by atoms with Gasteiger partial charge < -0.3 is 9.47 Å². The fourth-order valence-corrected chi connectivity index (χ4v) is 2.11. The van der Waals surface area contributed by atoms with Crippen LogP contribution < -0.4 is 9.47 Å². The number of ether oxygens (including phenoxy) is 2. The standard InChI is InChI=1S/C14H11BrFNO4/c1-20-13-5-3-11(17(18)19)7-14(13)21-8-9-6-10(15)2-4-12(9)16/h2-7H,8H2,1H3. The third kappa shape index (κ3) is 3.69. The molecule has 0 spiro atoms. The molecule has 0 saturated heterocycles. The molecule has 0 aliphatic rings. The third-order valence-corrected chi connectivity index (χ3v) is 3.24. The molecule has 110 valence electrons. The Kier molecular flexibility index (Phi) is 4.74. The smallest absolute Gasteiger partial charge is 0.273 e. The van der Waals surface area contributed by atoms with Gasteiger partial charge in [-0.3, -0.25) is 10.1 Å². The first kappa shape index (κ1) is 15.2. The van der Waals surface area contributed by atoms with Crippen molar-refractivity contribution in [3.8, 4) is 11.5 Å². The zero-order valence-corrected chi connectivity index (χ0v) is 12.6. The van der Waals surface area contributed by atoms with Crippen molar-refractivity contribution < 1.29 is 18.8 Å². The number of halogens is 2. The number of nitrogens with zero attached hydrogens (tertiary/aromatic N) is 1. The lowest BCUT2D eigenvalue weighted by Crippen LogP contribution is -2.01. The summed E-state index contributed by atoms with van der Waals surface area (Å²) < 4.78 is 24.9. The number of hydrogen-bond acceptors (Lipinski definition) is 4. The Morgan fingerprint density at radius 1 is 1.24 bits per heavy atom. The number of nitro benzene ring substituents is 1. The van der Waals surface area contributed by atoms with Crippen LogP contribution in [0.1, 0.15) is 5.56 Å². The average Bonchev–Trinajstić information content (AvgIpc) is 2.47. The van der Waals surface area contributed by atoms with Crippen LogP contribution in [0.4, 0.5) is 10.1 Å². The largest absolute Gasteiger partial charge is 0.493 e. The summed E-state index contributed by atoms with van der Waals surface area (Å²) in [6.07, 6.45) is 0. The van der Waals surface area contributed by atoms with Crippen LogP contribution in [-0.2, 0) is 6.61 Å². The van der Waals surface area contributed by atoms with Crippen LogP contribution in [0.5, 0.6) is 11.5 Å². The monoisotopic (exact) mass is 355 g/mol. The van der Waals surface area contributed by atoms with Crippen molar-refractivity contribution in [3.05, 3.63) is 62.4 Å².